The van der Waals surface area contributed by atoms with E-state index < -0.39 is 6.04 Å². The molecule has 39 heavy (non-hydrogen) atoms. The second-order valence-electron chi connectivity index (χ2n) is 11.0. The molecule has 3 aromatic carbocycles. The summed E-state index contributed by atoms with van der Waals surface area (Å²) in [6, 6.07) is 22.7. The number of nitrogens with one attached hydrogen (secondary N) is 1. The molecule has 3 fully saturated rings. The van der Waals surface area contributed by atoms with Crippen LogP contribution >= 0.6 is 11.6 Å². The Hall–Kier alpha value is -3.90. The van der Waals surface area contributed by atoms with Crippen LogP contribution < -0.4 is 10.1 Å². The number of hydrogen-bond donors (Lipinski definition) is 1. The molecule has 7 atom stereocenters. The second kappa shape index (κ2) is 9.38. The van der Waals surface area contributed by atoms with Gasteiger partial charge in [0.2, 0.25) is 17.7 Å². The summed E-state index contributed by atoms with van der Waals surface area (Å²) in [4.78, 5) is 42.6. The number of allylic oxidation sites excluding steroid dienone is 2. The monoisotopic (exact) mass is 538 g/mol. The summed E-state index contributed by atoms with van der Waals surface area (Å²) in [7, 11) is 0. The predicted molar refractivity (Wildman–Crippen MR) is 147 cm³/mol. The van der Waals surface area contributed by atoms with E-state index in [0.29, 0.717) is 34.0 Å². The van der Waals surface area contributed by atoms with Gasteiger partial charge in [0.05, 0.1) is 16.9 Å². The van der Waals surface area contributed by atoms with E-state index in [4.69, 9.17) is 16.3 Å². The Morgan fingerprint density at radius 1 is 0.872 bits per heavy atom. The molecular weight excluding hydrogens is 512 g/mol. The number of carbonyl (C=O) groups is 3. The first-order valence-electron chi connectivity index (χ1n) is 13.4. The second-order valence-corrected chi connectivity index (χ2v) is 11.4. The summed E-state index contributed by atoms with van der Waals surface area (Å²) in [5, 5.41) is 3.44. The van der Waals surface area contributed by atoms with Crippen LogP contribution in [0.15, 0.2) is 91.0 Å². The van der Waals surface area contributed by atoms with Gasteiger partial charge < -0.3 is 10.1 Å². The molecule has 1 saturated heterocycles. The van der Waals surface area contributed by atoms with Crippen molar-refractivity contribution in [3.05, 3.63) is 102 Å². The van der Waals surface area contributed by atoms with E-state index in [0.717, 1.165) is 12.0 Å². The maximum absolute atomic E-state index is 13.8. The zero-order chi connectivity index (χ0) is 26.7. The standard InChI is InChI=1S/C32H27ClN2O4/c33-25-8-4-5-9-27(25)39-20-12-10-19(11-13-20)34-30(36)26(16-18-6-2-1-3-7-18)35-31(37)28-21-14-15-22(24-17-23(21)24)29(28)32(35)38/h1-15,21-24,26,28-29H,16-17H2,(H,34,36)/t21-,22-,23-,24-,26-,28-,29+/m0/s1. The quantitative estimate of drug-likeness (QED) is 0.308. The molecule has 0 unspecified atom stereocenters. The molecule has 0 radical (unpaired) electrons. The SMILES string of the molecule is O=C(Nc1ccc(Oc2ccccc2Cl)cc1)[C@H](Cc1ccccc1)N1C(=O)[C@@H]2[C@H]3C=C[C@@H]([C@@H]4C[C@@H]34)[C@@H]2C1=O. The van der Waals surface area contributed by atoms with Crippen molar-refractivity contribution in [1.82, 2.24) is 4.90 Å². The molecule has 5 aliphatic rings. The van der Waals surface area contributed by atoms with Gasteiger partial charge in [0.15, 0.2) is 0 Å². The third-order valence-electron chi connectivity index (χ3n) is 8.77. The fourth-order valence-corrected chi connectivity index (χ4v) is 7.09. The number of amides is 3. The van der Waals surface area contributed by atoms with E-state index in [1.807, 2.05) is 42.5 Å². The first-order valence-corrected chi connectivity index (χ1v) is 13.8. The van der Waals surface area contributed by atoms with Crippen LogP contribution in [0.4, 0.5) is 5.69 Å². The van der Waals surface area contributed by atoms with Gasteiger partial charge in [-0.2, -0.15) is 0 Å². The van der Waals surface area contributed by atoms with Gasteiger partial charge in [-0.25, -0.2) is 0 Å². The van der Waals surface area contributed by atoms with Crippen LogP contribution in [0.3, 0.4) is 0 Å². The van der Waals surface area contributed by atoms with Gasteiger partial charge in [0.1, 0.15) is 17.5 Å². The van der Waals surface area contributed by atoms with E-state index in [1.165, 1.54) is 4.90 Å². The van der Waals surface area contributed by atoms with Gasteiger partial charge in [-0.15, -0.1) is 0 Å². The zero-order valence-electron chi connectivity index (χ0n) is 21.1. The van der Waals surface area contributed by atoms with Crippen LogP contribution in [0, 0.1) is 35.5 Å². The summed E-state index contributed by atoms with van der Waals surface area (Å²) < 4.78 is 5.85. The normalized spacial score (nSPS) is 28.6. The number of ether oxygens (including phenoxy) is 1. The van der Waals surface area contributed by atoms with Crippen molar-refractivity contribution < 1.29 is 19.1 Å². The minimum absolute atomic E-state index is 0.109. The smallest absolute Gasteiger partial charge is 0.248 e. The molecule has 1 N–H and O–H groups in total. The van der Waals surface area contributed by atoms with Crippen molar-refractivity contribution in [1.29, 1.82) is 0 Å². The Bertz CT molecular complexity index is 1450. The number of anilines is 1. The largest absolute Gasteiger partial charge is 0.456 e. The van der Waals surface area contributed by atoms with Crippen molar-refractivity contribution in [2.24, 2.45) is 35.5 Å². The molecule has 8 rings (SSSR count). The van der Waals surface area contributed by atoms with Crippen molar-refractivity contribution in [2.45, 2.75) is 18.9 Å². The van der Waals surface area contributed by atoms with Crippen molar-refractivity contribution >= 4 is 35.0 Å². The van der Waals surface area contributed by atoms with Crippen LogP contribution in [0.1, 0.15) is 12.0 Å². The first-order chi connectivity index (χ1) is 19.0. The highest BCUT2D eigenvalue weighted by Gasteiger charge is 2.67. The third-order valence-corrected chi connectivity index (χ3v) is 9.08. The van der Waals surface area contributed by atoms with Crippen LogP contribution in [0.2, 0.25) is 5.02 Å². The first kappa shape index (κ1) is 24.2. The molecule has 2 bridgehead atoms. The maximum atomic E-state index is 13.8. The molecule has 1 aliphatic heterocycles. The van der Waals surface area contributed by atoms with Gasteiger partial charge in [-0.1, -0.05) is 66.2 Å². The number of imide groups is 1. The Kier molecular flexibility index (Phi) is 5.81. The minimum Gasteiger partial charge on any atom is -0.456 e. The van der Waals surface area contributed by atoms with E-state index in [1.54, 1.807) is 36.4 Å². The van der Waals surface area contributed by atoms with Crippen LogP contribution in [-0.4, -0.2) is 28.7 Å². The molecule has 3 amide bonds. The summed E-state index contributed by atoms with van der Waals surface area (Å²) in [6.45, 7) is 0. The fourth-order valence-electron chi connectivity index (χ4n) is 6.91. The number of carbonyl (C=O) groups excluding carboxylic acids is 3. The Morgan fingerprint density at radius 2 is 1.49 bits per heavy atom. The Labute approximate surface area is 231 Å². The number of likely N-dealkylation sites (tertiary alicyclic amines) is 1. The molecule has 6 nitrogen and oxygen atoms in total. The Morgan fingerprint density at radius 3 is 2.13 bits per heavy atom. The number of halogens is 1. The van der Waals surface area contributed by atoms with Crippen LogP contribution in [-0.2, 0) is 20.8 Å². The van der Waals surface area contributed by atoms with Gasteiger partial charge in [0.25, 0.3) is 0 Å². The lowest BCUT2D eigenvalue weighted by molar-refractivity contribution is -0.146. The highest BCUT2D eigenvalue weighted by atomic mass is 35.5. The average molecular weight is 539 g/mol. The molecule has 4 aliphatic carbocycles. The van der Waals surface area contributed by atoms with E-state index in [2.05, 4.69) is 17.5 Å². The molecular formula is C32H27ClN2O4. The lowest BCUT2D eigenvalue weighted by Gasteiger charge is -2.37. The van der Waals surface area contributed by atoms with Crippen molar-refractivity contribution in [2.75, 3.05) is 5.32 Å². The summed E-state index contributed by atoms with van der Waals surface area (Å²) >= 11 is 6.19. The predicted octanol–water partition coefficient (Wildman–Crippen LogP) is 5.74. The Balaban J connectivity index is 1.13. The molecule has 0 spiro atoms. The molecule has 196 valence electrons. The summed E-state index contributed by atoms with van der Waals surface area (Å²) in [6.07, 6.45) is 5.65. The van der Waals surface area contributed by atoms with Gasteiger partial charge in [-0.05, 0) is 72.1 Å². The van der Waals surface area contributed by atoms with Crippen molar-refractivity contribution in [3.63, 3.8) is 0 Å². The lowest BCUT2D eigenvalue weighted by Crippen LogP contribution is -2.49. The van der Waals surface area contributed by atoms with E-state index in [-0.39, 0.29) is 47.8 Å². The third kappa shape index (κ3) is 4.14. The lowest BCUT2D eigenvalue weighted by atomic mass is 9.63. The molecule has 2 saturated carbocycles. The van der Waals surface area contributed by atoms with Gasteiger partial charge >= 0.3 is 0 Å². The highest BCUT2D eigenvalue weighted by Crippen LogP contribution is 2.65. The molecule has 1 heterocycles. The number of nitrogens with zero attached hydrogens (tertiary/aromatic N) is 1. The average Bonchev–Trinajstić information content (AvgIpc) is 3.73. The van der Waals surface area contributed by atoms with Crippen molar-refractivity contribution in [3.8, 4) is 11.5 Å². The number of benzene rings is 3. The molecule has 7 heteroatoms. The number of para-hydroxylation sites is 1. The zero-order valence-corrected chi connectivity index (χ0v) is 21.8. The minimum atomic E-state index is -0.937. The maximum Gasteiger partial charge on any atom is 0.248 e. The highest BCUT2D eigenvalue weighted by molar-refractivity contribution is 6.32. The van der Waals surface area contributed by atoms with E-state index in [9.17, 15) is 14.4 Å². The van der Waals surface area contributed by atoms with Gasteiger partial charge in [0, 0.05) is 12.1 Å². The summed E-state index contributed by atoms with van der Waals surface area (Å²) in [5.41, 5.74) is 1.43. The van der Waals surface area contributed by atoms with Gasteiger partial charge in [-0.3, -0.25) is 19.3 Å². The topological polar surface area (TPSA) is 75.7 Å². The van der Waals surface area contributed by atoms with Crippen LogP contribution in [0.5, 0.6) is 11.5 Å². The molecule has 3 aromatic rings. The molecule has 0 aromatic heterocycles. The fraction of sp³-hybridized carbons (Fsp3) is 0.281. The van der Waals surface area contributed by atoms with E-state index >= 15 is 0 Å². The summed E-state index contributed by atoms with van der Waals surface area (Å²) in [5.74, 6) is 0.858. The number of hydrogen-bond acceptors (Lipinski definition) is 4. The van der Waals surface area contributed by atoms with Crippen LogP contribution in [0.25, 0.3) is 0 Å². The number of rotatable bonds is 7.